The third kappa shape index (κ3) is 9.09. The van der Waals surface area contributed by atoms with Crippen molar-refractivity contribution < 1.29 is 27.5 Å². The van der Waals surface area contributed by atoms with Gasteiger partial charge in [0, 0.05) is 17.0 Å². The fourth-order valence-corrected chi connectivity index (χ4v) is 3.91. The fourth-order valence-electron chi connectivity index (χ4n) is 3.05. The predicted molar refractivity (Wildman–Crippen MR) is 112 cm³/mol. The predicted octanol–water partition coefficient (Wildman–Crippen LogP) is 3.52. The highest BCUT2D eigenvalue weighted by Gasteiger charge is 2.31. The minimum atomic E-state index is -4.39. The van der Waals surface area contributed by atoms with Crippen LogP contribution in [-0.2, 0) is 9.59 Å². The summed E-state index contributed by atoms with van der Waals surface area (Å²) in [7, 11) is 0. The van der Waals surface area contributed by atoms with E-state index in [0.29, 0.717) is 19.5 Å². The minimum Gasteiger partial charge on any atom is -0.475 e. The van der Waals surface area contributed by atoms with E-state index in [2.05, 4.69) is 10.6 Å². The highest BCUT2D eigenvalue weighted by molar-refractivity contribution is 7.13. The van der Waals surface area contributed by atoms with Crippen LogP contribution in [0.15, 0.2) is 12.1 Å². The average molecular weight is 472 g/mol. The maximum atomic E-state index is 12.5. The molecular formula is C19H29ClF3N3O3S. The summed E-state index contributed by atoms with van der Waals surface area (Å²) >= 11 is 1.08. The Bertz CT molecular complexity index is 722. The van der Waals surface area contributed by atoms with E-state index < -0.39 is 12.8 Å². The molecule has 172 valence electrons. The third-order valence-electron chi connectivity index (χ3n) is 4.29. The van der Waals surface area contributed by atoms with E-state index in [-0.39, 0.29) is 53.3 Å². The number of hydrogen-bond donors (Lipinski definition) is 2. The van der Waals surface area contributed by atoms with Crippen molar-refractivity contribution in [3.63, 3.8) is 0 Å². The Morgan fingerprint density at radius 1 is 1.30 bits per heavy atom. The molecule has 0 unspecified atom stereocenters. The molecule has 1 fully saturated rings. The number of carbonyl (C=O) groups excluding carboxylic acids is 2. The first-order valence-electron chi connectivity index (χ1n) is 9.45. The molecule has 0 aromatic carbocycles. The third-order valence-corrected chi connectivity index (χ3v) is 5.47. The van der Waals surface area contributed by atoms with Crippen LogP contribution < -0.4 is 15.4 Å². The number of nitrogens with one attached hydrogen (secondary N) is 2. The van der Waals surface area contributed by atoms with Crippen LogP contribution >= 0.6 is 23.7 Å². The lowest BCUT2D eigenvalue weighted by atomic mass is 10.1. The molecule has 2 atom stereocenters. The second kappa shape index (κ2) is 10.7. The van der Waals surface area contributed by atoms with E-state index in [0.717, 1.165) is 16.2 Å². The number of carbonyl (C=O) groups is 2. The SMILES string of the molecule is C[C@@H](NC(=O)[C@H]1CCN(CC(=O)NC(C)(C)C)C1)c1ccc(OCC(F)(F)F)s1.Cl. The van der Waals surface area contributed by atoms with Gasteiger partial charge in [-0.3, -0.25) is 14.5 Å². The van der Waals surface area contributed by atoms with Crippen molar-refractivity contribution in [2.75, 3.05) is 26.2 Å². The van der Waals surface area contributed by atoms with Gasteiger partial charge in [-0.2, -0.15) is 13.2 Å². The summed E-state index contributed by atoms with van der Waals surface area (Å²) in [5.41, 5.74) is -0.299. The van der Waals surface area contributed by atoms with Crippen molar-refractivity contribution >= 4 is 35.6 Å². The zero-order valence-corrected chi connectivity index (χ0v) is 19.1. The Labute approximate surface area is 184 Å². The van der Waals surface area contributed by atoms with Crippen LogP contribution in [0.4, 0.5) is 13.2 Å². The highest BCUT2D eigenvalue weighted by Crippen LogP contribution is 2.31. The van der Waals surface area contributed by atoms with E-state index >= 15 is 0 Å². The summed E-state index contributed by atoms with van der Waals surface area (Å²) in [6, 6.07) is 2.78. The molecule has 2 amide bonds. The zero-order valence-electron chi connectivity index (χ0n) is 17.5. The van der Waals surface area contributed by atoms with Gasteiger partial charge < -0.3 is 15.4 Å². The number of nitrogens with zero attached hydrogens (tertiary/aromatic N) is 1. The minimum absolute atomic E-state index is 0. The van der Waals surface area contributed by atoms with Crippen molar-refractivity contribution in [2.24, 2.45) is 5.92 Å². The van der Waals surface area contributed by atoms with E-state index in [4.69, 9.17) is 4.74 Å². The molecular weight excluding hydrogens is 443 g/mol. The standard InChI is InChI=1S/C19H28F3N3O3S.ClH/c1-12(14-5-6-16(29-14)28-11-19(20,21)22)23-17(27)13-7-8-25(9-13)10-15(26)24-18(2,3)4;/h5-6,12-13H,7-11H2,1-4H3,(H,23,27)(H,24,26);1H/t12-,13+;/m1./s1. The van der Waals surface area contributed by atoms with Gasteiger partial charge in [0.15, 0.2) is 11.7 Å². The Morgan fingerprint density at radius 3 is 2.57 bits per heavy atom. The van der Waals surface area contributed by atoms with Gasteiger partial charge in [-0.15, -0.1) is 23.7 Å². The van der Waals surface area contributed by atoms with Crippen molar-refractivity contribution in [1.82, 2.24) is 15.5 Å². The van der Waals surface area contributed by atoms with Crippen molar-refractivity contribution in [2.45, 2.75) is 51.9 Å². The normalized spacial score (nSPS) is 18.4. The monoisotopic (exact) mass is 471 g/mol. The van der Waals surface area contributed by atoms with Gasteiger partial charge in [-0.25, -0.2) is 0 Å². The summed E-state index contributed by atoms with van der Waals surface area (Å²) in [5, 5.41) is 5.97. The molecule has 0 radical (unpaired) electrons. The largest absolute Gasteiger partial charge is 0.475 e. The smallest absolute Gasteiger partial charge is 0.422 e. The van der Waals surface area contributed by atoms with Gasteiger partial charge in [-0.05, 0) is 52.8 Å². The lowest BCUT2D eigenvalue weighted by molar-refractivity contribution is -0.152. The van der Waals surface area contributed by atoms with Crippen LogP contribution in [0.3, 0.4) is 0 Å². The summed E-state index contributed by atoms with van der Waals surface area (Å²) in [4.78, 5) is 27.2. The van der Waals surface area contributed by atoms with Gasteiger partial charge in [0.05, 0.1) is 18.5 Å². The first-order chi connectivity index (χ1) is 13.3. The van der Waals surface area contributed by atoms with E-state index in [1.807, 2.05) is 25.7 Å². The molecule has 0 saturated carbocycles. The molecule has 1 aliphatic rings. The molecule has 6 nitrogen and oxygen atoms in total. The van der Waals surface area contributed by atoms with Crippen molar-refractivity contribution in [3.8, 4) is 5.06 Å². The van der Waals surface area contributed by atoms with Crippen LogP contribution in [0.5, 0.6) is 5.06 Å². The van der Waals surface area contributed by atoms with Crippen LogP contribution in [-0.4, -0.2) is 54.7 Å². The molecule has 30 heavy (non-hydrogen) atoms. The van der Waals surface area contributed by atoms with E-state index in [9.17, 15) is 22.8 Å². The highest BCUT2D eigenvalue weighted by atomic mass is 35.5. The van der Waals surface area contributed by atoms with Crippen molar-refractivity contribution in [3.05, 3.63) is 17.0 Å². The van der Waals surface area contributed by atoms with Crippen LogP contribution in [0.1, 0.15) is 45.0 Å². The number of likely N-dealkylation sites (tertiary alicyclic amines) is 1. The molecule has 1 aromatic heterocycles. The molecule has 2 heterocycles. The lowest BCUT2D eigenvalue weighted by Gasteiger charge is -2.23. The summed E-state index contributed by atoms with van der Waals surface area (Å²) in [5.74, 6) is -0.417. The quantitative estimate of drug-likeness (QED) is 0.638. The number of halogens is 4. The fraction of sp³-hybridized carbons (Fsp3) is 0.684. The molecule has 1 saturated heterocycles. The molecule has 1 aromatic rings. The first-order valence-corrected chi connectivity index (χ1v) is 10.3. The molecule has 0 spiro atoms. The van der Waals surface area contributed by atoms with Crippen LogP contribution in [0.2, 0.25) is 0 Å². The second-order valence-corrected chi connectivity index (χ2v) is 9.39. The van der Waals surface area contributed by atoms with Gasteiger partial charge in [0.25, 0.3) is 0 Å². The number of ether oxygens (including phenoxy) is 1. The molecule has 11 heteroatoms. The van der Waals surface area contributed by atoms with Gasteiger partial charge in [0.2, 0.25) is 11.8 Å². The Hall–Kier alpha value is -1.52. The molecule has 2 N–H and O–H groups in total. The van der Waals surface area contributed by atoms with Crippen molar-refractivity contribution in [1.29, 1.82) is 0 Å². The number of hydrogen-bond acceptors (Lipinski definition) is 5. The van der Waals surface area contributed by atoms with Crippen LogP contribution in [0.25, 0.3) is 0 Å². The number of alkyl halides is 3. The topological polar surface area (TPSA) is 70.7 Å². The molecule has 1 aliphatic heterocycles. The van der Waals surface area contributed by atoms with Gasteiger partial charge in [-0.1, -0.05) is 0 Å². The van der Waals surface area contributed by atoms with E-state index in [1.54, 1.807) is 13.0 Å². The number of thiophene rings is 1. The lowest BCUT2D eigenvalue weighted by Crippen LogP contribution is -2.45. The second-order valence-electron chi connectivity index (χ2n) is 8.31. The summed E-state index contributed by atoms with van der Waals surface area (Å²) in [6.07, 6.45) is -3.73. The first kappa shape index (κ1) is 26.5. The molecule has 0 aliphatic carbocycles. The number of rotatable bonds is 7. The van der Waals surface area contributed by atoms with Gasteiger partial charge in [0.1, 0.15) is 0 Å². The Morgan fingerprint density at radius 2 is 1.97 bits per heavy atom. The molecule has 2 rings (SSSR count). The van der Waals surface area contributed by atoms with E-state index in [1.165, 1.54) is 6.07 Å². The zero-order chi connectivity index (χ0) is 21.8. The summed E-state index contributed by atoms with van der Waals surface area (Å²) in [6.45, 7) is 7.60. The summed E-state index contributed by atoms with van der Waals surface area (Å²) < 4.78 is 41.4. The molecule has 0 bridgehead atoms. The van der Waals surface area contributed by atoms with Crippen LogP contribution in [0, 0.1) is 5.92 Å². The maximum absolute atomic E-state index is 12.5. The average Bonchev–Trinajstić information content (AvgIpc) is 3.19. The Kier molecular flexibility index (Phi) is 9.44. The Balaban J connectivity index is 0.00000450. The maximum Gasteiger partial charge on any atom is 0.422 e. The van der Waals surface area contributed by atoms with Gasteiger partial charge >= 0.3 is 6.18 Å². The number of amides is 2.